The van der Waals surface area contributed by atoms with Crippen LogP contribution < -0.4 is 4.74 Å². The molecule has 0 aliphatic rings. The molecule has 0 bridgehead atoms. The van der Waals surface area contributed by atoms with Gasteiger partial charge in [-0.3, -0.25) is 0 Å². The molecule has 2 heteroatoms. The van der Waals surface area contributed by atoms with Gasteiger partial charge in [-0.1, -0.05) is 6.07 Å². The lowest BCUT2D eigenvalue weighted by Crippen LogP contribution is -2.05. The predicted octanol–water partition coefficient (Wildman–Crippen LogP) is 3.42. The highest BCUT2D eigenvalue weighted by Gasteiger charge is 2.02. The number of benzene rings is 1. The highest BCUT2D eigenvalue weighted by molar-refractivity contribution is 9.10. The molecule has 0 amide bonds. The van der Waals surface area contributed by atoms with Gasteiger partial charge in [0.05, 0.1) is 10.6 Å². The summed E-state index contributed by atoms with van der Waals surface area (Å²) < 4.78 is 6.49. The number of hydrogen-bond acceptors (Lipinski definition) is 1. The Labute approximate surface area is 81.9 Å². The highest BCUT2D eigenvalue weighted by Crippen LogP contribution is 2.26. The van der Waals surface area contributed by atoms with E-state index < -0.39 is 0 Å². The lowest BCUT2D eigenvalue weighted by molar-refractivity contribution is 0.241. The molecule has 1 rings (SSSR count). The lowest BCUT2D eigenvalue weighted by Gasteiger charge is -2.11. The second-order valence-electron chi connectivity index (χ2n) is 2.93. The fourth-order valence-corrected chi connectivity index (χ4v) is 1.41. The summed E-state index contributed by atoms with van der Waals surface area (Å²) in [5, 5.41) is 0. The first kappa shape index (κ1) is 9.59. The number of halogens is 1. The molecule has 0 unspecified atom stereocenters. The van der Waals surface area contributed by atoms with Gasteiger partial charge in [-0.2, -0.15) is 0 Å². The molecule has 0 fully saturated rings. The fourth-order valence-electron chi connectivity index (χ4n) is 0.894. The number of hydrogen-bond donors (Lipinski definition) is 0. The van der Waals surface area contributed by atoms with Crippen LogP contribution in [0.1, 0.15) is 19.4 Å². The molecule has 0 spiro atoms. The van der Waals surface area contributed by atoms with Crippen molar-refractivity contribution in [2.75, 3.05) is 0 Å². The van der Waals surface area contributed by atoms with Crippen LogP contribution in [0.5, 0.6) is 5.75 Å². The second kappa shape index (κ2) is 3.94. The van der Waals surface area contributed by atoms with Crippen LogP contribution in [0.4, 0.5) is 0 Å². The van der Waals surface area contributed by atoms with Crippen molar-refractivity contribution < 1.29 is 4.74 Å². The summed E-state index contributed by atoms with van der Waals surface area (Å²) in [7, 11) is 0. The molecule has 0 N–H and O–H groups in total. The van der Waals surface area contributed by atoms with E-state index >= 15 is 0 Å². The zero-order valence-electron chi connectivity index (χ0n) is 7.30. The van der Waals surface area contributed by atoms with Gasteiger partial charge in [0.15, 0.2) is 0 Å². The maximum absolute atomic E-state index is 5.53. The Hall–Kier alpha value is -0.500. The van der Waals surface area contributed by atoms with Gasteiger partial charge in [-0.05, 0) is 54.4 Å². The molecule has 0 aliphatic heterocycles. The van der Waals surface area contributed by atoms with E-state index in [1.165, 1.54) is 0 Å². The van der Waals surface area contributed by atoms with Crippen LogP contribution in [0.3, 0.4) is 0 Å². The third-order valence-electron chi connectivity index (χ3n) is 1.36. The SMILES string of the molecule is [CH2]c1ccc(OC(C)C)c(Br)c1. The topological polar surface area (TPSA) is 9.23 Å². The quantitative estimate of drug-likeness (QED) is 0.753. The van der Waals surface area contributed by atoms with Crippen LogP contribution in [0.2, 0.25) is 0 Å². The molecule has 1 radical (unpaired) electrons. The molecule has 0 aliphatic carbocycles. The molecule has 0 aromatic heterocycles. The summed E-state index contributed by atoms with van der Waals surface area (Å²) in [6.07, 6.45) is 0.206. The van der Waals surface area contributed by atoms with Crippen LogP contribution >= 0.6 is 15.9 Å². The normalized spacial score (nSPS) is 10.4. The monoisotopic (exact) mass is 227 g/mol. The molecule has 1 aromatic rings. The minimum atomic E-state index is 0.206. The molecule has 0 saturated carbocycles. The molecular weight excluding hydrogens is 216 g/mol. The van der Waals surface area contributed by atoms with E-state index in [9.17, 15) is 0 Å². The molecule has 0 heterocycles. The minimum absolute atomic E-state index is 0.206. The van der Waals surface area contributed by atoms with Crippen LogP contribution in [0.15, 0.2) is 22.7 Å². The van der Waals surface area contributed by atoms with Crippen molar-refractivity contribution in [3.8, 4) is 5.75 Å². The lowest BCUT2D eigenvalue weighted by atomic mass is 10.2. The molecule has 0 atom stereocenters. The van der Waals surface area contributed by atoms with Crippen molar-refractivity contribution >= 4 is 15.9 Å². The summed E-state index contributed by atoms with van der Waals surface area (Å²) >= 11 is 3.41. The zero-order valence-corrected chi connectivity index (χ0v) is 8.89. The van der Waals surface area contributed by atoms with E-state index in [2.05, 4.69) is 22.9 Å². The van der Waals surface area contributed by atoms with Gasteiger partial charge in [-0.25, -0.2) is 0 Å². The van der Waals surface area contributed by atoms with Crippen molar-refractivity contribution in [2.45, 2.75) is 20.0 Å². The molecule has 65 valence electrons. The molecule has 0 saturated heterocycles. The number of rotatable bonds is 2. The molecule has 12 heavy (non-hydrogen) atoms. The third-order valence-corrected chi connectivity index (χ3v) is 1.98. The van der Waals surface area contributed by atoms with Gasteiger partial charge in [-0.15, -0.1) is 0 Å². The average molecular weight is 228 g/mol. The van der Waals surface area contributed by atoms with E-state index in [0.29, 0.717) is 0 Å². The van der Waals surface area contributed by atoms with E-state index in [1.54, 1.807) is 0 Å². The van der Waals surface area contributed by atoms with E-state index in [0.717, 1.165) is 15.8 Å². The summed E-state index contributed by atoms with van der Waals surface area (Å²) in [5.74, 6) is 0.873. The fraction of sp³-hybridized carbons (Fsp3) is 0.300. The average Bonchev–Trinajstić information content (AvgIpc) is 1.94. The third kappa shape index (κ3) is 2.52. The van der Waals surface area contributed by atoms with Gasteiger partial charge in [0.25, 0.3) is 0 Å². The van der Waals surface area contributed by atoms with Crippen molar-refractivity contribution in [1.82, 2.24) is 0 Å². The first-order chi connectivity index (χ1) is 5.59. The Kier molecular flexibility index (Phi) is 3.15. The maximum atomic E-state index is 5.53. The van der Waals surface area contributed by atoms with Crippen molar-refractivity contribution in [3.05, 3.63) is 35.2 Å². The van der Waals surface area contributed by atoms with Crippen LogP contribution in [0.25, 0.3) is 0 Å². The first-order valence-electron chi connectivity index (χ1n) is 3.88. The standard InChI is InChI=1S/C10H12BrO/c1-7(2)12-10-5-4-8(3)6-9(10)11/h4-7H,3H2,1-2H3. The van der Waals surface area contributed by atoms with E-state index in [-0.39, 0.29) is 6.10 Å². The second-order valence-corrected chi connectivity index (χ2v) is 3.79. The maximum Gasteiger partial charge on any atom is 0.133 e. The highest BCUT2D eigenvalue weighted by atomic mass is 79.9. The minimum Gasteiger partial charge on any atom is -0.490 e. The van der Waals surface area contributed by atoms with Crippen LogP contribution in [0, 0.1) is 6.92 Å². The van der Waals surface area contributed by atoms with E-state index in [4.69, 9.17) is 4.74 Å². The predicted molar refractivity (Wildman–Crippen MR) is 54.4 cm³/mol. The van der Waals surface area contributed by atoms with Crippen molar-refractivity contribution in [2.24, 2.45) is 0 Å². The zero-order chi connectivity index (χ0) is 9.14. The summed E-state index contributed by atoms with van der Waals surface area (Å²) in [5.41, 5.74) is 0.984. The smallest absolute Gasteiger partial charge is 0.133 e. The molecule has 1 aromatic carbocycles. The Morgan fingerprint density at radius 3 is 2.58 bits per heavy atom. The van der Waals surface area contributed by atoms with E-state index in [1.807, 2.05) is 32.0 Å². The molecular formula is C10H12BrO. The first-order valence-corrected chi connectivity index (χ1v) is 4.67. The summed E-state index contributed by atoms with van der Waals surface area (Å²) in [4.78, 5) is 0. The summed E-state index contributed by atoms with van der Waals surface area (Å²) in [6, 6.07) is 5.80. The van der Waals surface area contributed by atoms with Gasteiger partial charge in [0, 0.05) is 0 Å². The van der Waals surface area contributed by atoms with Crippen LogP contribution in [-0.4, -0.2) is 6.10 Å². The largest absolute Gasteiger partial charge is 0.490 e. The van der Waals surface area contributed by atoms with Gasteiger partial charge in [0.2, 0.25) is 0 Å². The molecule has 1 nitrogen and oxygen atoms in total. The van der Waals surface area contributed by atoms with Crippen molar-refractivity contribution in [3.63, 3.8) is 0 Å². The Balaban J connectivity index is 2.86. The summed E-state index contributed by atoms with van der Waals surface area (Å²) in [6.45, 7) is 7.83. The number of ether oxygens (including phenoxy) is 1. The van der Waals surface area contributed by atoms with Crippen LogP contribution in [-0.2, 0) is 0 Å². The Morgan fingerprint density at radius 2 is 2.08 bits per heavy atom. The van der Waals surface area contributed by atoms with Crippen molar-refractivity contribution in [1.29, 1.82) is 0 Å². The van der Waals surface area contributed by atoms with Gasteiger partial charge < -0.3 is 4.74 Å². The van der Waals surface area contributed by atoms with Gasteiger partial charge in [0.1, 0.15) is 5.75 Å². The Bertz CT molecular complexity index is 269. The van der Waals surface area contributed by atoms with Gasteiger partial charge >= 0.3 is 0 Å². The Morgan fingerprint density at radius 1 is 1.42 bits per heavy atom.